The Hall–Kier alpha value is -0.877. The van der Waals surface area contributed by atoms with Crippen molar-refractivity contribution in [1.29, 1.82) is 0 Å². The second kappa shape index (κ2) is 12.6. The van der Waals surface area contributed by atoms with Gasteiger partial charge >= 0.3 is 41.3 Å². The van der Waals surface area contributed by atoms with Crippen LogP contribution in [0.15, 0.2) is 48.5 Å². The molecule has 1 aliphatic carbocycles. The number of aryl methyl sites for hydroxylation is 4. The summed E-state index contributed by atoms with van der Waals surface area (Å²) < 4.78 is 1.51. The molecule has 0 heterocycles. The molecule has 0 fully saturated rings. The standard InChI is InChI=1S/C17H17.C5H5.C3H6.2ClH.Zr/c1-10-5-12(3)14-9-15-13(4)6-11(2)8-17(15)16(14)7-10;1-2-4-5-3-1;1-3-2;;;/h5,7-8H,9H2,1-4H3;1-5H;1-2H3;2*1H;/q2*-1;;;;+2/p-2. The topological polar surface area (TPSA) is 0 Å². The first-order valence-corrected chi connectivity index (χ1v) is 10.3. The van der Waals surface area contributed by atoms with E-state index in [1.807, 2.05) is 30.3 Å². The summed E-state index contributed by atoms with van der Waals surface area (Å²) in [5.41, 5.74) is 11.2. The summed E-state index contributed by atoms with van der Waals surface area (Å²) in [5, 5.41) is 0. The quantitative estimate of drug-likeness (QED) is 0.314. The Kier molecular flexibility index (Phi) is 12.2. The molecule has 0 unspecified atom stereocenters. The molecule has 4 rings (SSSR count). The number of hydrogen-bond acceptors (Lipinski definition) is 0. The molecule has 0 radical (unpaired) electrons. The van der Waals surface area contributed by atoms with Crippen molar-refractivity contribution in [3.63, 3.8) is 0 Å². The van der Waals surface area contributed by atoms with Crippen molar-refractivity contribution < 1.29 is 49.0 Å². The summed E-state index contributed by atoms with van der Waals surface area (Å²) in [7, 11) is 0. The van der Waals surface area contributed by atoms with Gasteiger partial charge in [0.15, 0.2) is 0 Å². The van der Waals surface area contributed by atoms with E-state index in [4.69, 9.17) is 0 Å². The third-order valence-electron chi connectivity index (χ3n) is 4.34. The predicted octanol–water partition coefficient (Wildman–Crippen LogP) is 0.451. The van der Waals surface area contributed by atoms with Crippen molar-refractivity contribution in [2.45, 2.75) is 48.0 Å². The van der Waals surface area contributed by atoms with Gasteiger partial charge in [0, 0.05) is 0 Å². The largest absolute Gasteiger partial charge is 1.00 e. The fourth-order valence-corrected chi connectivity index (χ4v) is 3.35. The summed E-state index contributed by atoms with van der Waals surface area (Å²) >= 11 is 1.55. The first-order valence-electron chi connectivity index (χ1n) is 9.11. The number of benzene rings is 2. The summed E-state index contributed by atoms with van der Waals surface area (Å²) in [6.07, 6.45) is 1.08. The molecular formula is C25H28Cl2Zr-2. The minimum Gasteiger partial charge on any atom is -1.00 e. The van der Waals surface area contributed by atoms with Gasteiger partial charge < -0.3 is 24.8 Å². The van der Waals surface area contributed by atoms with E-state index in [2.05, 4.69) is 65.8 Å². The first kappa shape index (κ1) is 27.1. The van der Waals surface area contributed by atoms with E-state index in [1.165, 1.54) is 47.7 Å². The molecule has 0 aromatic heterocycles. The molecule has 0 bridgehead atoms. The maximum absolute atomic E-state index is 3.44. The second-order valence-electron chi connectivity index (χ2n) is 7.22. The summed E-state index contributed by atoms with van der Waals surface area (Å²) in [6.45, 7) is 13.0. The van der Waals surface area contributed by atoms with Gasteiger partial charge in [0.1, 0.15) is 0 Å². The molecule has 0 saturated heterocycles. The van der Waals surface area contributed by atoms with Gasteiger partial charge in [-0.3, -0.25) is 0 Å². The van der Waals surface area contributed by atoms with Crippen LogP contribution >= 0.6 is 0 Å². The maximum Gasteiger partial charge on any atom is -0.0393 e. The van der Waals surface area contributed by atoms with E-state index in [-0.39, 0.29) is 24.8 Å². The van der Waals surface area contributed by atoms with Crippen molar-refractivity contribution in [1.82, 2.24) is 0 Å². The van der Waals surface area contributed by atoms with Gasteiger partial charge in [-0.15, -0.1) is 11.1 Å². The van der Waals surface area contributed by atoms with Crippen LogP contribution in [0.25, 0.3) is 11.1 Å². The molecule has 28 heavy (non-hydrogen) atoms. The van der Waals surface area contributed by atoms with Crippen LogP contribution in [0.3, 0.4) is 0 Å². The SMILES string of the molecule is C[C](C)=[Zr+2].Cc1[c-]c(C)c2c(c1)-c1cc(C)cc(C)c1C2.[Cl-].[Cl-].c1cc[cH-]c1. The molecule has 0 atom stereocenters. The average molecular weight is 491 g/mol. The smallest absolute Gasteiger partial charge is 0.0393 e. The van der Waals surface area contributed by atoms with Crippen LogP contribution in [0.4, 0.5) is 0 Å². The van der Waals surface area contributed by atoms with Crippen molar-refractivity contribution in [3.8, 4) is 11.1 Å². The molecule has 1 aliphatic rings. The maximum atomic E-state index is 3.44. The number of rotatable bonds is 0. The molecule has 0 nitrogen and oxygen atoms in total. The van der Waals surface area contributed by atoms with Gasteiger partial charge in [0.25, 0.3) is 0 Å². The molecule has 0 amide bonds. The Morgan fingerprint density at radius 2 is 1.43 bits per heavy atom. The van der Waals surface area contributed by atoms with Gasteiger partial charge in [0.05, 0.1) is 0 Å². The van der Waals surface area contributed by atoms with Gasteiger partial charge in [-0.05, 0) is 37.0 Å². The fourth-order valence-electron chi connectivity index (χ4n) is 3.35. The minimum absolute atomic E-state index is 0. The van der Waals surface area contributed by atoms with Crippen LogP contribution in [-0.4, -0.2) is 3.21 Å². The number of halogens is 2. The second-order valence-corrected chi connectivity index (χ2v) is 9.67. The summed E-state index contributed by atoms with van der Waals surface area (Å²) in [4.78, 5) is 0. The van der Waals surface area contributed by atoms with Crippen LogP contribution in [0.1, 0.15) is 47.2 Å². The van der Waals surface area contributed by atoms with E-state index >= 15 is 0 Å². The van der Waals surface area contributed by atoms with E-state index < -0.39 is 0 Å². The zero-order valence-electron chi connectivity index (χ0n) is 17.6. The number of hydrogen-bond donors (Lipinski definition) is 0. The van der Waals surface area contributed by atoms with E-state index in [0.717, 1.165) is 6.42 Å². The average Bonchev–Trinajstić information content (AvgIpc) is 3.18. The minimum atomic E-state index is 0. The zero-order chi connectivity index (χ0) is 19.3. The van der Waals surface area contributed by atoms with E-state index in [9.17, 15) is 0 Å². The molecule has 0 N–H and O–H groups in total. The van der Waals surface area contributed by atoms with Crippen molar-refractivity contribution in [3.05, 3.63) is 88.0 Å². The Balaban J connectivity index is 0.000000559. The van der Waals surface area contributed by atoms with Gasteiger partial charge in [-0.2, -0.15) is 41.5 Å². The molecular weight excluding hydrogens is 462 g/mol. The van der Waals surface area contributed by atoms with E-state index in [0.29, 0.717) is 0 Å². The van der Waals surface area contributed by atoms with Gasteiger partial charge in [0.2, 0.25) is 0 Å². The molecule has 0 saturated carbocycles. The normalized spacial score (nSPS) is 10.0. The summed E-state index contributed by atoms with van der Waals surface area (Å²) in [6, 6.07) is 20.3. The van der Waals surface area contributed by atoms with Crippen molar-refractivity contribution in [2.24, 2.45) is 0 Å². The first-order chi connectivity index (χ1) is 12.3. The zero-order valence-corrected chi connectivity index (χ0v) is 21.6. The van der Waals surface area contributed by atoms with Crippen LogP contribution in [0, 0.1) is 33.8 Å². The fraction of sp³-hybridized carbons (Fsp3) is 0.280. The Labute approximate surface area is 198 Å². The van der Waals surface area contributed by atoms with Crippen LogP contribution in [0.5, 0.6) is 0 Å². The Morgan fingerprint density at radius 1 is 0.893 bits per heavy atom. The molecule has 3 aromatic rings. The molecule has 3 heteroatoms. The van der Waals surface area contributed by atoms with Crippen molar-refractivity contribution in [2.75, 3.05) is 0 Å². The van der Waals surface area contributed by atoms with Gasteiger partial charge in [-0.25, -0.2) is 12.1 Å². The molecule has 148 valence electrons. The number of fused-ring (bicyclic) bond motifs is 3. The third-order valence-corrected chi connectivity index (χ3v) is 4.34. The van der Waals surface area contributed by atoms with E-state index in [1.54, 1.807) is 24.2 Å². The van der Waals surface area contributed by atoms with Crippen LogP contribution < -0.4 is 24.8 Å². The van der Waals surface area contributed by atoms with Crippen LogP contribution in [0.2, 0.25) is 0 Å². The van der Waals surface area contributed by atoms with Crippen molar-refractivity contribution >= 4 is 3.21 Å². The van der Waals surface area contributed by atoms with Crippen LogP contribution in [-0.2, 0) is 30.7 Å². The summed E-state index contributed by atoms with van der Waals surface area (Å²) in [5.74, 6) is 0. The molecule has 0 spiro atoms. The monoisotopic (exact) mass is 488 g/mol. The Bertz CT molecular complexity index is 817. The predicted molar refractivity (Wildman–Crippen MR) is 111 cm³/mol. The third kappa shape index (κ3) is 7.51. The Morgan fingerprint density at radius 3 is 1.93 bits per heavy atom. The van der Waals surface area contributed by atoms with Gasteiger partial charge in [-0.1, -0.05) is 31.5 Å². The molecule has 3 aromatic carbocycles. The molecule has 0 aliphatic heterocycles.